The predicted molar refractivity (Wildman–Crippen MR) is 67.4 cm³/mol. The molecule has 1 aliphatic rings. The first-order valence-electron chi connectivity index (χ1n) is 6.00. The lowest BCUT2D eigenvalue weighted by molar-refractivity contribution is 0.717. The van der Waals surface area contributed by atoms with Gasteiger partial charge in [-0.3, -0.25) is 0 Å². The van der Waals surface area contributed by atoms with E-state index in [-0.39, 0.29) is 6.04 Å². The summed E-state index contributed by atoms with van der Waals surface area (Å²) in [4.78, 5) is 6.63. The van der Waals surface area contributed by atoms with Crippen molar-refractivity contribution < 1.29 is 0 Å². The molecular weight excluding hydrogens is 198 g/mol. The molecule has 1 aromatic heterocycles. The van der Waals surface area contributed by atoms with Gasteiger partial charge in [-0.2, -0.15) is 0 Å². The summed E-state index contributed by atoms with van der Waals surface area (Å²) in [5, 5.41) is 0. The van der Waals surface area contributed by atoms with E-state index >= 15 is 0 Å². The largest absolute Gasteiger partial charge is 0.359 e. The van der Waals surface area contributed by atoms with E-state index in [1.807, 2.05) is 19.2 Å². The van der Waals surface area contributed by atoms with Crippen molar-refractivity contribution in [1.82, 2.24) is 4.98 Å². The van der Waals surface area contributed by atoms with Gasteiger partial charge in [-0.05, 0) is 42.9 Å². The van der Waals surface area contributed by atoms with Crippen LogP contribution in [0.25, 0.3) is 0 Å². The highest BCUT2D eigenvalue weighted by Gasteiger charge is 2.33. The lowest BCUT2D eigenvalue weighted by Crippen LogP contribution is -2.22. The van der Waals surface area contributed by atoms with Gasteiger partial charge < -0.3 is 10.6 Å². The second kappa shape index (κ2) is 4.42. The fraction of sp³-hybridized carbons (Fsp3) is 0.615. The first-order valence-corrected chi connectivity index (χ1v) is 6.00. The molecule has 16 heavy (non-hydrogen) atoms. The first kappa shape index (κ1) is 11.4. The van der Waals surface area contributed by atoms with Gasteiger partial charge in [0.25, 0.3) is 0 Å². The zero-order valence-corrected chi connectivity index (χ0v) is 10.4. The molecule has 3 nitrogen and oxygen atoms in total. The van der Waals surface area contributed by atoms with E-state index < -0.39 is 0 Å². The molecule has 2 unspecified atom stereocenters. The average molecular weight is 219 g/mol. The molecule has 3 heteroatoms. The molecule has 88 valence electrons. The highest BCUT2D eigenvalue weighted by Crippen LogP contribution is 2.38. The molecule has 2 N–H and O–H groups in total. The van der Waals surface area contributed by atoms with Crippen LogP contribution in [-0.2, 0) is 0 Å². The van der Waals surface area contributed by atoms with Crippen molar-refractivity contribution >= 4 is 5.82 Å². The molecule has 1 aliphatic carbocycles. The summed E-state index contributed by atoms with van der Waals surface area (Å²) in [7, 11) is 2.11. The third-order valence-electron chi connectivity index (χ3n) is 3.47. The van der Waals surface area contributed by atoms with Gasteiger partial charge in [-0.15, -0.1) is 0 Å². The first-order chi connectivity index (χ1) is 7.58. The fourth-order valence-corrected chi connectivity index (χ4v) is 2.02. The van der Waals surface area contributed by atoms with Gasteiger partial charge in [0.15, 0.2) is 0 Å². The van der Waals surface area contributed by atoms with Gasteiger partial charge in [-0.25, -0.2) is 4.98 Å². The maximum atomic E-state index is 5.87. The summed E-state index contributed by atoms with van der Waals surface area (Å²) >= 11 is 0. The molecule has 1 heterocycles. The Hall–Kier alpha value is -1.09. The zero-order chi connectivity index (χ0) is 11.7. The van der Waals surface area contributed by atoms with Crippen molar-refractivity contribution in [3.8, 4) is 0 Å². The van der Waals surface area contributed by atoms with Crippen LogP contribution >= 0.6 is 0 Å². The van der Waals surface area contributed by atoms with Crippen molar-refractivity contribution in [3.05, 3.63) is 23.9 Å². The van der Waals surface area contributed by atoms with Crippen LogP contribution in [0.3, 0.4) is 0 Å². The Morgan fingerprint density at radius 1 is 1.62 bits per heavy atom. The van der Waals surface area contributed by atoms with E-state index in [2.05, 4.69) is 29.9 Å². The Balaban J connectivity index is 2.04. The molecule has 0 aromatic carbocycles. The topological polar surface area (TPSA) is 42.1 Å². The number of anilines is 1. The van der Waals surface area contributed by atoms with Crippen molar-refractivity contribution in [2.45, 2.75) is 26.3 Å². The molecule has 0 saturated heterocycles. The SMILES string of the molecule is CC1CC1CN(C)c1cc([C@@H](C)N)ccn1. The van der Waals surface area contributed by atoms with E-state index in [1.165, 1.54) is 6.42 Å². The van der Waals surface area contributed by atoms with Crippen LogP contribution in [0.1, 0.15) is 31.9 Å². The second-order valence-corrected chi connectivity index (χ2v) is 5.09. The molecule has 1 fully saturated rings. The zero-order valence-electron chi connectivity index (χ0n) is 10.4. The summed E-state index contributed by atoms with van der Waals surface area (Å²) in [5.74, 6) is 2.78. The Morgan fingerprint density at radius 2 is 2.31 bits per heavy atom. The minimum Gasteiger partial charge on any atom is -0.359 e. The predicted octanol–water partition coefficient (Wildman–Crippen LogP) is 2.19. The van der Waals surface area contributed by atoms with E-state index in [4.69, 9.17) is 5.73 Å². The molecule has 0 spiro atoms. The van der Waals surface area contributed by atoms with Crippen LogP contribution in [0.2, 0.25) is 0 Å². The van der Waals surface area contributed by atoms with E-state index in [0.717, 1.165) is 29.8 Å². The fourth-order valence-electron chi connectivity index (χ4n) is 2.02. The third-order valence-corrected chi connectivity index (χ3v) is 3.47. The normalized spacial score (nSPS) is 25.2. The number of rotatable bonds is 4. The molecular formula is C13H21N3. The van der Waals surface area contributed by atoms with Gasteiger partial charge in [0, 0.05) is 25.8 Å². The number of hydrogen-bond donors (Lipinski definition) is 1. The monoisotopic (exact) mass is 219 g/mol. The highest BCUT2D eigenvalue weighted by atomic mass is 15.2. The Morgan fingerprint density at radius 3 is 2.88 bits per heavy atom. The van der Waals surface area contributed by atoms with Gasteiger partial charge in [-0.1, -0.05) is 6.92 Å². The van der Waals surface area contributed by atoms with Crippen LogP contribution in [0.5, 0.6) is 0 Å². The Kier molecular flexibility index (Phi) is 3.15. The van der Waals surface area contributed by atoms with Crippen molar-refractivity contribution in [1.29, 1.82) is 0 Å². The number of nitrogens with zero attached hydrogens (tertiary/aromatic N) is 2. The minimum atomic E-state index is 0.0787. The molecule has 3 atom stereocenters. The Bertz CT molecular complexity index is 362. The molecule has 1 aromatic rings. The number of hydrogen-bond acceptors (Lipinski definition) is 3. The Labute approximate surface area is 97.7 Å². The smallest absolute Gasteiger partial charge is 0.128 e. The number of pyridine rings is 1. The molecule has 0 radical (unpaired) electrons. The molecule has 0 amide bonds. The summed E-state index contributed by atoms with van der Waals surface area (Å²) in [6.07, 6.45) is 3.21. The van der Waals surface area contributed by atoms with E-state index in [9.17, 15) is 0 Å². The minimum absolute atomic E-state index is 0.0787. The van der Waals surface area contributed by atoms with E-state index in [1.54, 1.807) is 0 Å². The van der Waals surface area contributed by atoms with Crippen molar-refractivity contribution in [3.63, 3.8) is 0 Å². The highest BCUT2D eigenvalue weighted by molar-refractivity contribution is 5.41. The second-order valence-electron chi connectivity index (χ2n) is 5.09. The van der Waals surface area contributed by atoms with Gasteiger partial charge >= 0.3 is 0 Å². The molecule has 0 aliphatic heterocycles. The summed E-state index contributed by atoms with van der Waals surface area (Å²) in [5.41, 5.74) is 7.03. The number of aromatic nitrogens is 1. The lowest BCUT2D eigenvalue weighted by atomic mass is 10.1. The summed E-state index contributed by atoms with van der Waals surface area (Å²) in [6.45, 7) is 5.42. The standard InChI is InChI=1S/C13H21N3/c1-9-6-12(9)8-16(3)13-7-11(10(2)14)4-5-15-13/h4-5,7,9-10,12H,6,8,14H2,1-3H3/t9?,10-,12?/m1/s1. The summed E-state index contributed by atoms with van der Waals surface area (Å²) < 4.78 is 0. The van der Waals surface area contributed by atoms with Gasteiger partial charge in [0.1, 0.15) is 5.82 Å². The summed E-state index contributed by atoms with van der Waals surface area (Å²) in [6, 6.07) is 4.16. The average Bonchev–Trinajstić information content (AvgIpc) is 2.94. The van der Waals surface area contributed by atoms with E-state index in [0.29, 0.717) is 0 Å². The van der Waals surface area contributed by atoms with Crippen molar-refractivity contribution in [2.24, 2.45) is 17.6 Å². The lowest BCUT2D eigenvalue weighted by Gasteiger charge is -2.19. The molecule has 1 saturated carbocycles. The third kappa shape index (κ3) is 2.53. The van der Waals surface area contributed by atoms with Crippen LogP contribution in [0.4, 0.5) is 5.82 Å². The molecule has 0 bridgehead atoms. The van der Waals surface area contributed by atoms with Crippen LogP contribution in [-0.4, -0.2) is 18.6 Å². The van der Waals surface area contributed by atoms with Gasteiger partial charge in [0.05, 0.1) is 0 Å². The number of nitrogens with two attached hydrogens (primary N) is 1. The quantitative estimate of drug-likeness (QED) is 0.844. The van der Waals surface area contributed by atoms with Gasteiger partial charge in [0.2, 0.25) is 0 Å². The van der Waals surface area contributed by atoms with Crippen LogP contribution < -0.4 is 10.6 Å². The maximum Gasteiger partial charge on any atom is 0.128 e. The van der Waals surface area contributed by atoms with Crippen LogP contribution in [0, 0.1) is 11.8 Å². The van der Waals surface area contributed by atoms with Crippen LogP contribution in [0.15, 0.2) is 18.3 Å². The van der Waals surface area contributed by atoms with Crippen molar-refractivity contribution in [2.75, 3.05) is 18.5 Å². The molecule has 2 rings (SSSR count). The maximum absolute atomic E-state index is 5.87.